The van der Waals surface area contributed by atoms with Gasteiger partial charge in [-0.2, -0.15) is 0 Å². The topological polar surface area (TPSA) is 49.3 Å². The first kappa shape index (κ1) is 17.8. The summed E-state index contributed by atoms with van der Waals surface area (Å²) in [5.74, 6) is -0.896. The Morgan fingerprint density at radius 3 is 2.30 bits per heavy atom. The average Bonchev–Trinajstić information content (AvgIpc) is 2.54. The summed E-state index contributed by atoms with van der Waals surface area (Å²) in [6.45, 7) is 1.66. The molecule has 0 heterocycles. The van der Waals surface area contributed by atoms with Crippen molar-refractivity contribution < 1.29 is 9.90 Å². The van der Waals surface area contributed by atoms with Gasteiger partial charge < -0.3 is 10.4 Å². The molecule has 2 N–H and O–H groups in total. The second-order valence-corrected chi connectivity index (χ2v) is 6.20. The zero-order valence-electron chi connectivity index (χ0n) is 12.7. The van der Waals surface area contributed by atoms with Gasteiger partial charge in [-0.3, -0.25) is 0 Å². The molecule has 0 aliphatic heterocycles. The molecule has 0 spiro atoms. The zero-order valence-corrected chi connectivity index (χ0v) is 14.2. The first-order valence-corrected chi connectivity index (χ1v) is 8.29. The minimum Gasteiger partial charge on any atom is -0.478 e. The van der Waals surface area contributed by atoms with E-state index in [0.29, 0.717) is 15.6 Å². The Morgan fingerprint density at radius 1 is 0.957 bits per heavy atom. The SMILES string of the molecule is O=C(O)c1ccc(CNCCCCc2ccc(Cl)c(Cl)c2)cc1. The van der Waals surface area contributed by atoms with Crippen LogP contribution in [0.4, 0.5) is 0 Å². The maximum absolute atomic E-state index is 10.8. The van der Waals surface area contributed by atoms with E-state index in [4.69, 9.17) is 28.3 Å². The Balaban J connectivity index is 1.63. The van der Waals surface area contributed by atoms with E-state index in [1.165, 1.54) is 5.56 Å². The maximum atomic E-state index is 10.8. The Kier molecular flexibility index (Phi) is 6.90. The number of rotatable bonds is 8. The van der Waals surface area contributed by atoms with E-state index in [1.54, 1.807) is 12.1 Å². The van der Waals surface area contributed by atoms with Crippen molar-refractivity contribution in [1.29, 1.82) is 0 Å². The minimum atomic E-state index is -0.896. The van der Waals surface area contributed by atoms with Crippen LogP contribution in [0.15, 0.2) is 42.5 Å². The van der Waals surface area contributed by atoms with Crippen LogP contribution in [0.25, 0.3) is 0 Å². The molecular weight excluding hydrogens is 333 g/mol. The molecule has 5 heteroatoms. The Bertz CT molecular complexity index is 657. The molecule has 2 aromatic carbocycles. The molecule has 0 aromatic heterocycles. The van der Waals surface area contributed by atoms with Gasteiger partial charge in [0.05, 0.1) is 15.6 Å². The first-order chi connectivity index (χ1) is 11.1. The summed E-state index contributed by atoms with van der Waals surface area (Å²) >= 11 is 11.9. The van der Waals surface area contributed by atoms with Gasteiger partial charge in [0.15, 0.2) is 0 Å². The van der Waals surface area contributed by atoms with Gasteiger partial charge in [0.25, 0.3) is 0 Å². The van der Waals surface area contributed by atoms with Crippen LogP contribution >= 0.6 is 23.2 Å². The van der Waals surface area contributed by atoms with E-state index in [0.717, 1.165) is 37.9 Å². The van der Waals surface area contributed by atoms with Crippen molar-refractivity contribution in [1.82, 2.24) is 5.32 Å². The molecule has 2 rings (SSSR count). The lowest BCUT2D eigenvalue weighted by Crippen LogP contribution is -2.15. The number of hydrogen-bond donors (Lipinski definition) is 2. The molecule has 23 heavy (non-hydrogen) atoms. The third-order valence-electron chi connectivity index (χ3n) is 3.58. The van der Waals surface area contributed by atoms with E-state index in [-0.39, 0.29) is 0 Å². The van der Waals surface area contributed by atoms with Crippen LogP contribution in [-0.2, 0) is 13.0 Å². The van der Waals surface area contributed by atoms with Crippen LogP contribution in [0.5, 0.6) is 0 Å². The number of halogens is 2. The molecule has 0 unspecified atom stereocenters. The predicted octanol–water partition coefficient (Wildman–Crippen LogP) is 4.80. The fourth-order valence-corrected chi connectivity index (χ4v) is 2.59. The monoisotopic (exact) mass is 351 g/mol. The summed E-state index contributed by atoms with van der Waals surface area (Å²) in [5.41, 5.74) is 2.60. The van der Waals surface area contributed by atoms with Crippen LogP contribution in [0.2, 0.25) is 10.0 Å². The Morgan fingerprint density at radius 2 is 1.65 bits per heavy atom. The number of aromatic carboxylic acids is 1. The van der Waals surface area contributed by atoms with Crippen molar-refractivity contribution in [3.63, 3.8) is 0 Å². The maximum Gasteiger partial charge on any atom is 0.335 e. The third kappa shape index (κ3) is 5.87. The van der Waals surface area contributed by atoms with E-state index >= 15 is 0 Å². The zero-order chi connectivity index (χ0) is 16.7. The molecule has 0 radical (unpaired) electrons. The van der Waals surface area contributed by atoms with Gasteiger partial charge in [-0.1, -0.05) is 41.4 Å². The highest BCUT2D eigenvalue weighted by molar-refractivity contribution is 6.42. The average molecular weight is 352 g/mol. The van der Waals surface area contributed by atoms with Gasteiger partial charge in [-0.05, 0) is 61.2 Å². The molecule has 0 saturated heterocycles. The summed E-state index contributed by atoms with van der Waals surface area (Å²) in [4.78, 5) is 10.8. The predicted molar refractivity (Wildman–Crippen MR) is 94.5 cm³/mol. The van der Waals surface area contributed by atoms with E-state index in [9.17, 15) is 4.79 Å². The van der Waals surface area contributed by atoms with E-state index in [1.807, 2.05) is 30.3 Å². The number of aryl methyl sites for hydroxylation is 1. The number of carboxylic acids is 1. The molecule has 0 aliphatic carbocycles. The molecular formula is C18H19Cl2NO2. The number of hydrogen-bond acceptors (Lipinski definition) is 2. The molecule has 3 nitrogen and oxygen atoms in total. The number of benzene rings is 2. The Labute approximate surface area is 146 Å². The molecule has 0 fully saturated rings. The van der Waals surface area contributed by atoms with Crippen LogP contribution in [-0.4, -0.2) is 17.6 Å². The second-order valence-electron chi connectivity index (χ2n) is 5.38. The number of carbonyl (C=O) groups is 1. The first-order valence-electron chi connectivity index (χ1n) is 7.53. The van der Waals surface area contributed by atoms with Crippen LogP contribution in [0.3, 0.4) is 0 Å². The molecule has 2 aromatic rings. The van der Waals surface area contributed by atoms with Gasteiger partial charge in [0.2, 0.25) is 0 Å². The fraction of sp³-hybridized carbons (Fsp3) is 0.278. The standard InChI is InChI=1S/C18H19Cl2NO2/c19-16-9-6-13(11-17(16)20)3-1-2-10-21-12-14-4-7-15(8-5-14)18(22)23/h4-9,11,21H,1-3,10,12H2,(H,22,23). The minimum absolute atomic E-state index is 0.315. The van der Waals surface area contributed by atoms with Crippen molar-refractivity contribution >= 4 is 29.2 Å². The molecule has 0 atom stereocenters. The van der Waals surface area contributed by atoms with Crippen LogP contribution in [0, 0.1) is 0 Å². The smallest absolute Gasteiger partial charge is 0.335 e. The van der Waals surface area contributed by atoms with Gasteiger partial charge in [0, 0.05) is 6.54 Å². The molecule has 0 aliphatic rings. The quantitative estimate of drug-likeness (QED) is 0.671. The summed E-state index contributed by atoms with van der Waals surface area (Å²) in [6.07, 6.45) is 3.11. The van der Waals surface area contributed by atoms with Crippen molar-refractivity contribution in [2.24, 2.45) is 0 Å². The molecule has 122 valence electrons. The van der Waals surface area contributed by atoms with Crippen LogP contribution in [0.1, 0.15) is 34.3 Å². The number of unbranched alkanes of at least 4 members (excludes halogenated alkanes) is 1. The fourth-order valence-electron chi connectivity index (χ4n) is 2.27. The van der Waals surface area contributed by atoms with E-state index < -0.39 is 5.97 Å². The number of nitrogens with one attached hydrogen (secondary N) is 1. The largest absolute Gasteiger partial charge is 0.478 e. The van der Waals surface area contributed by atoms with Gasteiger partial charge in [0.1, 0.15) is 0 Å². The highest BCUT2D eigenvalue weighted by atomic mass is 35.5. The number of carboxylic acid groups (broad SMARTS) is 1. The van der Waals surface area contributed by atoms with Crippen molar-refractivity contribution in [3.05, 3.63) is 69.2 Å². The van der Waals surface area contributed by atoms with E-state index in [2.05, 4.69) is 5.32 Å². The van der Waals surface area contributed by atoms with Gasteiger partial charge in [-0.15, -0.1) is 0 Å². The summed E-state index contributed by atoms with van der Waals surface area (Å²) < 4.78 is 0. The summed E-state index contributed by atoms with van der Waals surface area (Å²) in [7, 11) is 0. The molecule has 0 saturated carbocycles. The van der Waals surface area contributed by atoms with Crippen molar-refractivity contribution in [2.75, 3.05) is 6.54 Å². The lowest BCUT2D eigenvalue weighted by Gasteiger charge is -2.06. The van der Waals surface area contributed by atoms with Crippen LogP contribution < -0.4 is 5.32 Å². The second kappa shape index (κ2) is 8.92. The Hall–Kier alpha value is -1.55. The molecule has 0 amide bonds. The summed E-state index contributed by atoms with van der Waals surface area (Å²) in [5, 5.41) is 13.4. The van der Waals surface area contributed by atoms with Crippen molar-refractivity contribution in [3.8, 4) is 0 Å². The lowest BCUT2D eigenvalue weighted by molar-refractivity contribution is 0.0697. The highest BCUT2D eigenvalue weighted by Crippen LogP contribution is 2.23. The third-order valence-corrected chi connectivity index (χ3v) is 4.32. The van der Waals surface area contributed by atoms with Gasteiger partial charge in [-0.25, -0.2) is 4.79 Å². The molecule has 0 bridgehead atoms. The highest BCUT2D eigenvalue weighted by Gasteiger charge is 2.02. The lowest BCUT2D eigenvalue weighted by atomic mass is 10.1. The normalized spacial score (nSPS) is 10.7. The van der Waals surface area contributed by atoms with Crippen molar-refractivity contribution in [2.45, 2.75) is 25.8 Å². The van der Waals surface area contributed by atoms with Gasteiger partial charge >= 0.3 is 5.97 Å². The summed E-state index contributed by atoms with van der Waals surface area (Å²) in [6, 6.07) is 12.7.